The molecule has 0 aliphatic rings. The highest BCUT2D eigenvalue weighted by Gasteiger charge is 2.11. The van der Waals surface area contributed by atoms with Gasteiger partial charge in [0.15, 0.2) is 0 Å². The van der Waals surface area contributed by atoms with Gasteiger partial charge in [0.1, 0.15) is 11.5 Å². The van der Waals surface area contributed by atoms with Gasteiger partial charge in [-0.15, -0.1) is 13.2 Å². The van der Waals surface area contributed by atoms with Crippen molar-refractivity contribution in [1.82, 2.24) is 0 Å². The summed E-state index contributed by atoms with van der Waals surface area (Å²) in [5.74, 6) is 1.82. The molecular formula is C22H26O2. The van der Waals surface area contributed by atoms with E-state index >= 15 is 0 Å². The lowest BCUT2D eigenvalue weighted by atomic mass is 9.97. The molecule has 126 valence electrons. The van der Waals surface area contributed by atoms with Crippen molar-refractivity contribution in [1.29, 1.82) is 0 Å². The van der Waals surface area contributed by atoms with Gasteiger partial charge in [0.05, 0.1) is 13.2 Å². The molecule has 0 aromatic heterocycles. The van der Waals surface area contributed by atoms with Crippen LogP contribution in [0, 0.1) is 0 Å². The molecule has 0 aliphatic heterocycles. The van der Waals surface area contributed by atoms with Gasteiger partial charge in [0.25, 0.3) is 0 Å². The summed E-state index contributed by atoms with van der Waals surface area (Å²) in [5, 5.41) is 0. The highest BCUT2D eigenvalue weighted by molar-refractivity contribution is 5.73. The Hall–Kier alpha value is -2.48. The zero-order valence-electron chi connectivity index (χ0n) is 14.7. The first kappa shape index (κ1) is 17.9. The Labute approximate surface area is 145 Å². The Morgan fingerprint density at radius 2 is 1.50 bits per heavy atom. The summed E-state index contributed by atoms with van der Waals surface area (Å²) in [6.07, 6.45) is 5.44. The second-order valence-electron chi connectivity index (χ2n) is 5.50. The number of hydrogen-bond acceptors (Lipinski definition) is 2. The van der Waals surface area contributed by atoms with Crippen LogP contribution in [-0.4, -0.2) is 13.2 Å². The summed E-state index contributed by atoms with van der Waals surface area (Å²) in [5.41, 5.74) is 4.60. The SMILES string of the molecule is C=CCc1ccc(OCC)c(-c2ccc(OCC)c(CC=C)c2)c1. The van der Waals surface area contributed by atoms with Crippen LogP contribution in [0.3, 0.4) is 0 Å². The van der Waals surface area contributed by atoms with Crippen molar-refractivity contribution in [2.45, 2.75) is 26.7 Å². The van der Waals surface area contributed by atoms with E-state index in [0.29, 0.717) is 13.2 Å². The number of hydrogen-bond donors (Lipinski definition) is 0. The van der Waals surface area contributed by atoms with Crippen LogP contribution in [0.1, 0.15) is 25.0 Å². The predicted molar refractivity (Wildman–Crippen MR) is 102 cm³/mol. The number of rotatable bonds is 9. The molecule has 0 amide bonds. The fourth-order valence-electron chi connectivity index (χ4n) is 2.74. The van der Waals surface area contributed by atoms with Gasteiger partial charge in [-0.05, 0) is 67.6 Å². The van der Waals surface area contributed by atoms with Crippen molar-refractivity contribution < 1.29 is 9.47 Å². The molecule has 0 saturated heterocycles. The van der Waals surface area contributed by atoms with Crippen LogP contribution in [-0.2, 0) is 12.8 Å². The summed E-state index contributed by atoms with van der Waals surface area (Å²) in [6.45, 7) is 13.0. The van der Waals surface area contributed by atoms with Crippen LogP contribution in [0.2, 0.25) is 0 Å². The molecule has 2 nitrogen and oxygen atoms in total. The van der Waals surface area contributed by atoms with Gasteiger partial charge in [-0.25, -0.2) is 0 Å². The first-order valence-electron chi connectivity index (χ1n) is 8.47. The van der Waals surface area contributed by atoms with E-state index in [0.717, 1.165) is 41.0 Å². The standard InChI is InChI=1S/C22H26O2/c1-5-9-17-11-13-22(24-8-4)20(15-17)18-12-14-21(23-7-3)19(16-18)10-6-2/h5-6,11-16H,1-2,7-10H2,3-4H3. The number of allylic oxidation sites excluding steroid dienone is 2. The quantitative estimate of drug-likeness (QED) is 0.559. The summed E-state index contributed by atoms with van der Waals surface area (Å²) in [6, 6.07) is 12.6. The molecule has 0 fully saturated rings. The van der Waals surface area contributed by atoms with Gasteiger partial charge in [0.2, 0.25) is 0 Å². The van der Waals surface area contributed by atoms with E-state index in [1.165, 1.54) is 5.56 Å². The fourth-order valence-corrected chi connectivity index (χ4v) is 2.74. The summed E-state index contributed by atoms with van der Waals surface area (Å²) >= 11 is 0. The van der Waals surface area contributed by atoms with Gasteiger partial charge >= 0.3 is 0 Å². The molecule has 0 aliphatic carbocycles. The van der Waals surface area contributed by atoms with E-state index in [2.05, 4.69) is 37.4 Å². The molecule has 0 spiro atoms. The minimum absolute atomic E-state index is 0.643. The van der Waals surface area contributed by atoms with E-state index in [4.69, 9.17) is 9.47 Å². The predicted octanol–water partition coefficient (Wildman–Crippen LogP) is 5.61. The molecule has 0 unspecified atom stereocenters. The first-order chi connectivity index (χ1) is 11.7. The highest BCUT2D eigenvalue weighted by Crippen LogP contribution is 2.34. The minimum atomic E-state index is 0.643. The molecule has 0 radical (unpaired) electrons. The van der Waals surface area contributed by atoms with E-state index in [1.807, 2.05) is 38.1 Å². The van der Waals surface area contributed by atoms with Crippen molar-refractivity contribution in [3.8, 4) is 22.6 Å². The van der Waals surface area contributed by atoms with Crippen molar-refractivity contribution in [2.75, 3.05) is 13.2 Å². The molecule has 0 N–H and O–H groups in total. The zero-order chi connectivity index (χ0) is 17.4. The molecule has 2 rings (SSSR count). The molecular weight excluding hydrogens is 296 g/mol. The zero-order valence-corrected chi connectivity index (χ0v) is 14.7. The second-order valence-corrected chi connectivity index (χ2v) is 5.50. The maximum absolute atomic E-state index is 5.82. The third kappa shape index (κ3) is 4.29. The van der Waals surface area contributed by atoms with Gasteiger partial charge < -0.3 is 9.47 Å². The van der Waals surface area contributed by atoms with Crippen LogP contribution in [0.4, 0.5) is 0 Å². The van der Waals surface area contributed by atoms with E-state index in [1.54, 1.807) is 0 Å². The molecule has 0 atom stereocenters. The fraction of sp³-hybridized carbons (Fsp3) is 0.273. The summed E-state index contributed by atoms with van der Waals surface area (Å²) < 4.78 is 11.6. The van der Waals surface area contributed by atoms with Crippen LogP contribution in [0.5, 0.6) is 11.5 Å². The molecule has 24 heavy (non-hydrogen) atoms. The van der Waals surface area contributed by atoms with Gasteiger partial charge in [-0.3, -0.25) is 0 Å². The molecule has 0 heterocycles. The summed E-state index contributed by atoms with van der Waals surface area (Å²) in [7, 11) is 0. The average Bonchev–Trinajstić information content (AvgIpc) is 2.59. The Balaban J connectivity index is 2.51. The van der Waals surface area contributed by atoms with Crippen LogP contribution in [0.25, 0.3) is 11.1 Å². The Morgan fingerprint density at radius 3 is 2.17 bits per heavy atom. The third-order valence-electron chi connectivity index (χ3n) is 3.76. The molecule has 2 aromatic rings. The highest BCUT2D eigenvalue weighted by atomic mass is 16.5. The first-order valence-corrected chi connectivity index (χ1v) is 8.47. The third-order valence-corrected chi connectivity index (χ3v) is 3.76. The number of ether oxygens (including phenoxy) is 2. The van der Waals surface area contributed by atoms with Crippen LogP contribution >= 0.6 is 0 Å². The van der Waals surface area contributed by atoms with E-state index in [-0.39, 0.29) is 0 Å². The molecule has 0 saturated carbocycles. The average molecular weight is 322 g/mol. The van der Waals surface area contributed by atoms with Gasteiger partial charge in [-0.2, -0.15) is 0 Å². The minimum Gasteiger partial charge on any atom is -0.494 e. The van der Waals surface area contributed by atoms with Gasteiger partial charge in [0, 0.05) is 5.56 Å². The van der Waals surface area contributed by atoms with E-state index in [9.17, 15) is 0 Å². The number of benzene rings is 2. The van der Waals surface area contributed by atoms with Crippen molar-refractivity contribution in [2.24, 2.45) is 0 Å². The van der Waals surface area contributed by atoms with Crippen LogP contribution < -0.4 is 9.47 Å². The smallest absolute Gasteiger partial charge is 0.127 e. The largest absolute Gasteiger partial charge is 0.494 e. The Morgan fingerprint density at radius 1 is 0.833 bits per heavy atom. The lowest BCUT2D eigenvalue weighted by molar-refractivity contribution is 0.337. The maximum Gasteiger partial charge on any atom is 0.127 e. The summed E-state index contributed by atoms with van der Waals surface area (Å²) in [4.78, 5) is 0. The molecule has 2 aromatic carbocycles. The second kappa shape index (κ2) is 8.97. The Bertz CT molecular complexity index is 701. The normalized spacial score (nSPS) is 10.2. The molecule has 0 bridgehead atoms. The maximum atomic E-state index is 5.82. The lowest BCUT2D eigenvalue weighted by Crippen LogP contribution is -1.98. The van der Waals surface area contributed by atoms with Crippen molar-refractivity contribution in [3.05, 3.63) is 72.8 Å². The lowest BCUT2D eigenvalue weighted by Gasteiger charge is -2.15. The van der Waals surface area contributed by atoms with Crippen LogP contribution in [0.15, 0.2) is 61.7 Å². The van der Waals surface area contributed by atoms with E-state index < -0.39 is 0 Å². The Kier molecular flexibility index (Phi) is 6.68. The molecule has 2 heteroatoms. The van der Waals surface area contributed by atoms with Gasteiger partial charge in [-0.1, -0.05) is 24.3 Å². The monoisotopic (exact) mass is 322 g/mol. The van der Waals surface area contributed by atoms with Crippen molar-refractivity contribution >= 4 is 0 Å². The topological polar surface area (TPSA) is 18.5 Å². The van der Waals surface area contributed by atoms with Crippen molar-refractivity contribution in [3.63, 3.8) is 0 Å².